The van der Waals surface area contributed by atoms with Crippen molar-refractivity contribution in [2.24, 2.45) is 0 Å². The number of ketones is 1. The molecule has 98 valence electrons. The molecule has 1 aromatic carbocycles. The molecule has 1 heterocycles. The summed E-state index contributed by atoms with van der Waals surface area (Å²) in [5.74, 6) is 0.662. The maximum absolute atomic E-state index is 12.1. The average molecular weight is 250 g/mol. The Bertz CT molecular complexity index is 473. The van der Waals surface area contributed by atoms with Gasteiger partial charge in [0.25, 0.3) is 0 Å². The third-order valence-electron chi connectivity index (χ3n) is 3.13. The van der Waals surface area contributed by atoms with Gasteiger partial charge in [0, 0.05) is 5.56 Å². The van der Waals surface area contributed by atoms with Gasteiger partial charge in [-0.3, -0.25) is 4.79 Å². The van der Waals surface area contributed by atoms with Crippen molar-refractivity contribution in [3.63, 3.8) is 0 Å². The van der Waals surface area contributed by atoms with Crippen LogP contribution in [-0.4, -0.2) is 35.8 Å². The molecule has 4 nitrogen and oxygen atoms in total. The minimum atomic E-state index is -0.984. The van der Waals surface area contributed by atoms with E-state index in [1.165, 1.54) is 0 Å². The number of hydrogen-bond donors (Lipinski definition) is 1. The van der Waals surface area contributed by atoms with Crippen LogP contribution in [0.1, 0.15) is 29.8 Å². The molecular weight excluding hydrogens is 232 g/mol. The molecule has 0 bridgehead atoms. The maximum Gasteiger partial charge on any atom is 0.194 e. The van der Waals surface area contributed by atoms with E-state index in [9.17, 15) is 9.90 Å². The number of benzene rings is 1. The molecule has 1 saturated heterocycles. The minimum Gasteiger partial charge on any atom is -0.496 e. The lowest BCUT2D eigenvalue weighted by molar-refractivity contribution is 0.0482. The summed E-state index contributed by atoms with van der Waals surface area (Å²) in [5, 5.41) is 9.76. The molecule has 1 aliphatic rings. The highest BCUT2D eigenvalue weighted by Gasteiger charge is 2.53. The third-order valence-corrected chi connectivity index (χ3v) is 3.13. The molecule has 1 aliphatic heterocycles. The van der Waals surface area contributed by atoms with Crippen molar-refractivity contribution < 1.29 is 19.4 Å². The number of carbonyl (C=O) groups is 1. The Morgan fingerprint density at radius 1 is 1.44 bits per heavy atom. The van der Waals surface area contributed by atoms with Crippen molar-refractivity contribution in [3.8, 4) is 5.75 Å². The molecule has 1 N–H and O–H groups in total. The van der Waals surface area contributed by atoms with Crippen molar-refractivity contribution in [2.75, 3.05) is 7.11 Å². The van der Waals surface area contributed by atoms with Crippen LogP contribution in [0, 0.1) is 6.92 Å². The molecule has 0 saturated carbocycles. The lowest BCUT2D eigenvalue weighted by atomic mass is 9.97. The summed E-state index contributed by atoms with van der Waals surface area (Å²) in [5.41, 5.74) is 0.510. The Hall–Kier alpha value is -1.39. The first-order valence-electron chi connectivity index (χ1n) is 5.91. The van der Waals surface area contributed by atoms with Gasteiger partial charge in [0.15, 0.2) is 5.78 Å². The number of rotatable bonds is 4. The molecular formula is C14H18O4. The normalized spacial score (nSPS) is 22.7. The lowest BCUT2D eigenvalue weighted by Crippen LogP contribution is -2.30. The van der Waals surface area contributed by atoms with Crippen LogP contribution >= 0.6 is 0 Å². The van der Waals surface area contributed by atoms with Gasteiger partial charge in [-0.15, -0.1) is 0 Å². The largest absolute Gasteiger partial charge is 0.496 e. The van der Waals surface area contributed by atoms with E-state index in [0.717, 1.165) is 11.3 Å². The molecule has 2 rings (SSSR count). The summed E-state index contributed by atoms with van der Waals surface area (Å²) in [6, 6.07) is 5.27. The number of carbonyl (C=O) groups excluding carboxylic acids is 1. The van der Waals surface area contributed by atoms with Gasteiger partial charge in [-0.1, -0.05) is 0 Å². The topological polar surface area (TPSA) is 59.1 Å². The first kappa shape index (κ1) is 13.1. The molecule has 0 amide bonds. The van der Waals surface area contributed by atoms with Crippen LogP contribution in [-0.2, 0) is 4.74 Å². The van der Waals surface area contributed by atoms with Crippen LogP contribution in [0.25, 0.3) is 0 Å². The van der Waals surface area contributed by atoms with Crippen molar-refractivity contribution in [2.45, 2.75) is 38.6 Å². The van der Waals surface area contributed by atoms with Gasteiger partial charge in [-0.25, -0.2) is 0 Å². The summed E-state index contributed by atoms with van der Waals surface area (Å²) < 4.78 is 10.4. The van der Waals surface area contributed by atoms with Crippen molar-refractivity contribution in [1.82, 2.24) is 0 Å². The Balaban J connectivity index is 2.14. The second-order valence-corrected chi connectivity index (χ2v) is 5.18. The van der Waals surface area contributed by atoms with Crippen molar-refractivity contribution in [3.05, 3.63) is 29.3 Å². The third kappa shape index (κ3) is 2.40. The van der Waals surface area contributed by atoms with E-state index in [-0.39, 0.29) is 5.78 Å². The summed E-state index contributed by atoms with van der Waals surface area (Å²) in [6.07, 6.45) is -0.940. The first-order valence-corrected chi connectivity index (χ1v) is 5.91. The van der Waals surface area contributed by atoms with Crippen molar-refractivity contribution in [1.29, 1.82) is 0 Å². The summed E-state index contributed by atoms with van der Waals surface area (Å²) in [7, 11) is 1.60. The van der Waals surface area contributed by atoms with Gasteiger partial charge in [0.05, 0.1) is 12.7 Å². The Morgan fingerprint density at radius 2 is 2.11 bits per heavy atom. The SMILES string of the molecule is COc1ccc(C(=O)C2OC2C(C)(C)O)cc1C. The van der Waals surface area contributed by atoms with Gasteiger partial charge in [-0.05, 0) is 44.5 Å². The van der Waals surface area contributed by atoms with Gasteiger partial charge >= 0.3 is 0 Å². The predicted octanol–water partition coefficient (Wildman–Crippen LogP) is 1.72. The van der Waals surface area contributed by atoms with Crippen LogP contribution in [0.2, 0.25) is 0 Å². The first-order chi connectivity index (χ1) is 8.34. The Kier molecular flexibility index (Phi) is 3.17. The molecule has 4 heteroatoms. The molecule has 0 spiro atoms. The number of Topliss-reactive ketones (excluding diaryl/α,β-unsaturated/α-hetero) is 1. The monoisotopic (exact) mass is 250 g/mol. The fourth-order valence-corrected chi connectivity index (χ4v) is 2.04. The molecule has 0 aromatic heterocycles. The van der Waals surface area contributed by atoms with Crippen LogP contribution in [0.5, 0.6) is 5.75 Å². The lowest BCUT2D eigenvalue weighted by Gasteiger charge is -2.13. The number of aryl methyl sites for hydroxylation is 1. The predicted molar refractivity (Wildman–Crippen MR) is 67.0 cm³/mol. The number of methoxy groups -OCH3 is 1. The standard InChI is InChI=1S/C14H18O4/c1-8-7-9(5-6-10(8)17-4)11(15)12-13(18-12)14(2,3)16/h5-7,12-13,16H,1-4H3. The summed E-state index contributed by atoms with van der Waals surface area (Å²) in [4.78, 5) is 12.1. The molecule has 2 atom stereocenters. The highest BCUT2D eigenvalue weighted by molar-refractivity contribution is 6.01. The molecule has 1 aromatic rings. The van der Waals surface area contributed by atoms with E-state index in [2.05, 4.69) is 0 Å². The van der Waals surface area contributed by atoms with Crippen LogP contribution < -0.4 is 4.74 Å². The Morgan fingerprint density at radius 3 is 2.56 bits per heavy atom. The molecule has 0 radical (unpaired) electrons. The number of ether oxygens (including phenoxy) is 2. The number of hydrogen-bond acceptors (Lipinski definition) is 4. The van der Waals surface area contributed by atoms with Crippen LogP contribution in [0.15, 0.2) is 18.2 Å². The second-order valence-electron chi connectivity index (χ2n) is 5.18. The van der Waals surface area contributed by atoms with Crippen LogP contribution in [0.3, 0.4) is 0 Å². The van der Waals surface area contributed by atoms with Crippen molar-refractivity contribution >= 4 is 5.78 Å². The zero-order valence-corrected chi connectivity index (χ0v) is 11.1. The van der Waals surface area contributed by atoms with Gasteiger partial charge in [0.1, 0.15) is 18.0 Å². The minimum absolute atomic E-state index is 0.0899. The molecule has 0 aliphatic carbocycles. The average Bonchev–Trinajstić information content (AvgIpc) is 3.07. The zero-order valence-electron chi connectivity index (χ0n) is 11.1. The maximum atomic E-state index is 12.1. The van der Waals surface area contributed by atoms with Crippen LogP contribution in [0.4, 0.5) is 0 Å². The zero-order chi connectivity index (χ0) is 13.5. The highest BCUT2D eigenvalue weighted by atomic mass is 16.6. The van der Waals surface area contributed by atoms with Gasteiger partial charge in [-0.2, -0.15) is 0 Å². The molecule has 18 heavy (non-hydrogen) atoms. The van der Waals surface area contributed by atoms with E-state index < -0.39 is 17.8 Å². The summed E-state index contributed by atoms with van der Waals surface area (Å²) >= 11 is 0. The van der Waals surface area contributed by atoms with E-state index in [1.807, 2.05) is 6.92 Å². The van der Waals surface area contributed by atoms with Gasteiger partial charge in [0.2, 0.25) is 0 Å². The number of epoxide rings is 1. The van der Waals surface area contributed by atoms with E-state index in [1.54, 1.807) is 39.2 Å². The van der Waals surface area contributed by atoms with E-state index in [0.29, 0.717) is 5.56 Å². The highest BCUT2D eigenvalue weighted by Crippen LogP contribution is 2.35. The fourth-order valence-electron chi connectivity index (χ4n) is 2.04. The Labute approximate surface area is 107 Å². The second kappa shape index (κ2) is 4.37. The smallest absolute Gasteiger partial charge is 0.194 e. The van der Waals surface area contributed by atoms with E-state index in [4.69, 9.17) is 9.47 Å². The number of aliphatic hydroxyl groups is 1. The quantitative estimate of drug-likeness (QED) is 0.653. The molecule has 2 unspecified atom stereocenters. The van der Waals surface area contributed by atoms with E-state index >= 15 is 0 Å². The van der Waals surface area contributed by atoms with Gasteiger partial charge < -0.3 is 14.6 Å². The summed E-state index contributed by atoms with van der Waals surface area (Å²) in [6.45, 7) is 5.17. The fraction of sp³-hybridized carbons (Fsp3) is 0.500. The molecule has 1 fully saturated rings.